The molecule has 2 rings (SSSR count). The number of fused-ring (bicyclic) bond motifs is 1. The molecule has 1 aromatic rings. The van der Waals surface area contributed by atoms with Crippen LogP contribution in [0.4, 0.5) is 5.82 Å². The van der Waals surface area contributed by atoms with Crippen molar-refractivity contribution < 1.29 is 5.11 Å². The van der Waals surface area contributed by atoms with Gasteiger partial charge in [0.1, 0.15) is 6.33 Å². The molecule has 4 nitrogen and oxygen atoms in total. The molecule has 0 bridgehead atoms. The van der Waals surface area contributed by atoms with Gasteiger partial charge in [0.2, 0.25) is 0 Å². The Bertz CT molecular complexity index is 418. The summed E-state index contributed by atoms with van der Waals surface area (Å²) in [5.41, 5.74) is -0.765. The quantitative estimate of drug-likeness (QED) is 0.565. The molecule has 0 saturated heterocycles. The molecular formula is C9H11N3OS. The Balaban J connectivity index is 2.42. The van der Waals surface area contributed by atoms with Gasteiger partial charge in [-0.25, -0.2) is 9.98 Å². The molecule has 0 aromatic carbocycles. The van der Waals surface area contributed by atoms with E-state index in [4.69, 9.17) is 6.42 Å². The van der Waals surface area contributed by atoms with E-state index in [9.17, 15) is 5.11 Å². The number of terminal acetylenes is 1. The first-order valence-corrected chi connectivity index (χ1v) is 5.68. The number of aliphatic imine (C=N–C) groups is 1. The first-order chi connectivity index (χ1) is 6.77. The summed E-state index contributed by atoms with van der Waals surface area (Å²) in [7, 11) is 0. The molecule has 0 radical (unpaired) electrons. The van der Waals surface area contributed by atoms with Crippen LogP contribution >= 0.6 is 11.1 Å². The van der Waals surface area contributed by atoms with Gasteiger partial charge in [0.05, 0.1) is 11.2 Å². The van der Waals surface area contributed by atoms with Crippen LogP contribution in [0.3, 0.4) is 0 Å². The summed E-state index contributed by atoms with van der Waals surface area (Å²) < 4.78 is 1.87. The van der Waals surface area contributed by atoms with Crippen LogP contribution in [0.2, 0.25) is 0 Å². The Kier molecular flexibility index (Phi) is 2.32. The van der Waals surface area contributed by atoms with E-state index in [0.717, 1.165) is 17.3 Å². The summed E-state index contributed by atoms with van der Waals surface area (Å²) in [6, 6.07) is 0. The van der Waals surface area contributed by atoms with Gasteiger partial charge in [-0.05, 0) is 6.42 Å². The normalized spacial score (nSPS) is 23.8. The lowest BCUT2D eigenvalue weighted by Gasteiger charge is -2.21. The zero-order valence-electron chi connectivity index (χ0n) is 7.75. The van der Waals surface area contributed by atoms with Gasteiger partial charge in [-0.1, -0.05) is 23.9 Å². The molecule has 74 valence electrons. The summed E-state index contributed by atoms with van der Waals surface area (Å²) in [5.74, 6) is 3.15. The van der Waals surface area contributed by atoms with Crippen molar-refractivity contribution in [1.82, 2.24) is 8.96 Å². The van der Waals surface area contributed by atoms with Gasteiger partial charge in [0.15, 0.2) is 11.3 Å². The van der Waals surface area contributed by atoms with Crippen molar-refractivity contribution in [2.45, 2.75) is 18.8 Å². The fourth-order valence-corrected chi connectivity index (χ4v) is 3.33. The molecule has 0 saturated carbocycles. The van der Waals surface area contributed by atoms with Crippen molar-refractivity contribution in [2.24, 2.45) is 4.99 Å². The minimum Gasteiger partial charge on any atom is -0.371 e. The van der Waals surface area contributed by atoms with E-state index in [1.165, 1.54) is 0 Å². The van der Waals surface area contributed by atoms with Crippen molar-refractivity contribution in [2.75, 3.05) is 0 Å². The second kappa shape index (κ2) is 3.48. The van der Waals surface area contributed by atoms with Crippen LogP contribution in [0, 0.1) is 12.3 Å². The highest BCUT2D eigenvalue weighted by Gasteiger charge is 2.26. The molecule has 0 aliphatic carbocycles. The monoisotopic (exact) mass is 209 g/mol. The number of thiol groups is 1. The zero-order valence-corrected chi connectivity index (χ0v) is 8.65. The van der Waals surface area contributed by atoms with Crippen LogP contribution in [0.1, 0.15) is 13.3 Å². The fourth-order valence-electron chi connectivity index (χ4n) is 1.41. The lowest BCUT2D eigenvalue weighted by molar-refractivity contribution is 0.316. The van der Waals surface area contributed by atoms with Crippen molar-refractivity contribution in [3.05, 3.63) is 12.5 Å². The summed E-state index contributed by atoms with van der Waals surface area (Å²) in [6.45, 7) is 2.01. The summed E-state index contributed by atoms with van der Waals surface area (Å²) in [5, 5.41) is 10.7. The fraction of sp³-hybridized carbons (Fsp3) is 0.333. The Morgan fingerprint density at radius 2 is 2.57 bits per heavy atom. The number of aliphatic hydroxyl groups excluding tert-OH is 1. The van der Waals surface area contributed by atoms with Crippen LogP contribution < -0.4 is 0 Å². The highest BCUT2D eigenvalue weighted by molar-refractivity contribution is 8.29. The van der Waals surface area contributed by atoms with Crippen LogP contribution in [-0.2, 0) is 0 Å². The molecule has 14 heavy (non-hydrogen) atoms. The third-order valence-corrected chi connectivity index (χ3v) is 4.37. The van der Waals surface area contributed by atoms with Gasteiger partial charge in [-0.15, -0.1) is 6.42 Å². The second-order valence-corrected chi connectivity index (χ2v) is 4.99. The highest BCUT2D eigenvalue weighted by Crippen LogP contribution is 2.44. The van der Waals surface area contributed by atoms with Gasteiger partial charge >= 0.3 is 0 Å². The van der Waals surface area contributed by atoms with Gasteiger partial charge < -0.3 is 5.11 Å². The van der Waals surface area contributed by atoms with E-state index in [1.807, 2.05) is 10.9 Å². The molecule has 0 amide bonds. The predicted molar refractivity (Wildman–Crippen MR) is 58.8 cm³/mol. The number of aromatic nitrogens is 2. The lowest BCUT2D eigenvalue weighted by Crippen LogP contribution is -2.13. The molecule has 0 spiro atoms. The third kappa shape index (κ3) is 1.24. The Morgan fingerprint density at radius 1 is 1.79 bits per heavy atom. The Morgan fingerprint density at radius 3 is 3.21 bits per heavy atom. The van der Waals surface area contributed by atoms with Crippen molar-refractivity contribution >= 4 is 21.9 Å². The highest BCUT2D eigenvalue weighted by atomic mass is 32.2. The molecule has 2 unspecified atom stereocenters. The Hall–Kier alpha value is -1.25. The van der Waals surface area contributed by atoms with Crippen LogP contribution in [0.5, 0.6) is 0 Å². The van der Waals surface area contributed by atoms with E-state index in [2.05, 4.69) is 15.9 Å². The van der Waals surface area contributed by atoms with E-state index in [1.54, 1.807) is 12.5 Å². The summed E-state index contributed by atoms with van der Waals surface area (Å²) in [6.07, 6.45) is 9.39. The average Bonchev–Trinajstić information content (AvgIpc) is 2.74. The van der Waals surface area contributed by atoms with Gasteiger partial charge in [-0.2, -0.15) is 0 Å². The van der Waals surface area contributed by atoms with Crippen LogP contribution in [0.25, 0.3) is 0 Å². The van der Waals surface area contributed by atoms with Crippen molar-refractivity contribution in [3.8, 4) is 12.3 Å². The second-order valence-electron chi connectivity index (χ2n) is 2.86. The van der Waals surface area contributed by atoms with Gasteiger partial charge in [0.25, 0.3) is 0 Å². The number of aliphatic hydroxyl groups is 1. The summed E-state index contributed by atoms with van der Waals surface area (Å²) in [4.78, 5) is 8.34. The maximum Gasteiger partial charge on any atom is 0.164 e. The van der Waals surface area contributed by atoms with Crippen molar-refractivity contribution in [1.29, 1.82) is 0 Å². The topological polar surface area (TPSA) is 50.4 Å². The van der Waals surface area contributed by atoms with Crippen molar-refractivity contribution in [3.63, 3.8) is 0 Å². The number of rotatable bonds is 2. The Labute approximate surface area is 85.2 Å². The van der Waals surface area contributed by atoms with Crippen LogP contribution in [-0.4, -0.2) is 24.5 Å². The smallest absolute Gasteiger partial charge is 0.164 e. The minimum atomic E-state index is -0.925. The first kappa shape index (κ1) is 9.31. The number of imidazole rings is 1. The molecule has 2 atom stereocenters. The molecule has 0 fully saturated rings. The molecule has 1 aliphatic rings. The molecular weight excluding hydrogens is 198 g/mol. The van der Waals surface area contributed by atoms with E-state index < -0.39 is 16.5 Å². The molecule has 2 heterocycles. The van der Waals surface area contributed by atoms with E-state index in [-0.39, 0.29) is 0 Å². The van der Waals surface area contributed by atoms with E-state index >= 15 is 0 Å². The SMILES string of the molecule is C#CC(O)[SH]1C(CC)=Nc2cncn21. The number of hydrogen-bond donors (Lipinski definition) is 2. The molecule has 1 N–H and O–H groups in total. The average molecular weight is 209 g/mol. The minimum absolute atomic E-state index is 0.765. The predicted octanol–water partition coefficient (Wildman–Crippen LogP) is 1.05. The first-order valence-electron chi connectivity index (χ1n) is 4.31. The lowest BCUT2D eigenvalue weighted by atomic mass is 10.5. The maximum atomic E-state index is 9.69. The standard InChI is InChI=1S/C9H11N3OS/c1-3-8-11-7-5-10-6-12(7)14(8)9(13)4-2/h2,5-6,9,13-14H,3H2,1H3. The molecule has 5 heteroatoms. The maximum absolute atomic E-state index is 9.69. The number of hydrogen-bond acceptors (Lipinski definition) is 3. The third-order valence-electron chi connectivity index (χ3n) is 2.04. The molecule has 1 aliphatic heterocycles. The zero-order chi connectivity index (χ0) is 10.1. The van der Waals surface area contributed by atoms with Gasteiger partial charge in [-0.3, -0.25) is 3.97 Å². The largest absolute Gasteiger partial charge is 0.371 e. The number of nitrogens with zero attached hydrogens (tertiary/aromatic N) is 3. The summed E-state index contributed by atoms with van der Waals surface area (Å²) >= 11 is -0.925. The van der Waals surface area contributed by atoms with Crippen LogP contribution in [0.15, 0.2) is 17.5 Å². The molecule has 1 aromatic heterocycles. The van der Waals surface area contributed by atoms with Gasteiger partial charge in [0, 0.05) is 0 Å². The van der Waals surface area contributed by atoms with E-state index in [0.29, 0.717) is 0 Å².